The highest BCUT2D eigenvalue weighted by Crippen LogP contribution is 2.31. The largest absolute Gasteiger partial charge is 0.416 e. The first kappa shape index (κ1) is 18.6. The van der Waals surface area contributed by atoms with E-state index in [1.165, 1.54) is 12.1 Å². The minimum absolute atomic E-state index is 0.0492. The Kier molecular flexibility index (Phi) is 5.20. The summed E-state index contributed by atoms with van der Waals surface area (Å²) in [5.41, 5.74) is 1.10. The number of halogens is 3. The van der Waals surface area contributed by atoms with Gasteiger partial charge in [0.25, 0.3) is 0 Å². The van der Waals surface area contributed by atoms with Gasteiger partial charge in [-0.3, -0.25) is 4.79 Å². The van der Waals surface area contributed by atoms with Gasteiger partial charge >= 0.3 is 6.18 Å². The number of benzene rings is 2. The number of nitrogens with zero attached hydrogens (tertiary/aromatic N) is 3. The molecule has 0 radical (unpaired) electrons. The maximum Gasteiger partial charge on any atom is 0.416 e. The van der Waals surface area contributed by atoms with E-state index in [2.05, 4.69) is 25.9 Å². The number of anilines is 1. The first-order valence-corrected chi connectivity index (χ1v) is 8.10. The van der Waals surface area contributed by atoms with Gasteiger partial charge in [-0.15, -0.1) is 10.2 Å². The van der Waals surface area contributed by atoms with Crippen LogP contribution in [0, 0.1) is 6.92 Å². The lowest BCUT2D eigenvalue weighted by atomic mass is 9.94. The third-order valence-electron chi connectivity index (χ3n) is 4.13. The number of carbonyl (C=O) groups is 1. The Bertz CT molecular complexity index is 925. The first-order chi connectivity index (χ1) is 12.8. The van der Waals surface area contributed by atoms with Crippen molar-refractivity contribution in [2.75, 3.05) is 5.32 Å². The van der Waals surface area contributed by atoms with E-state index in [-0.39, 0.29) is 17.9 Å². The first-order valence-electron chi connectivity index (χ1n) is 8.10. The van der Waals surface area contributed by atoms with E-state index in [1.54, 1.807) is 0 Å². The molecule has 0 aliphatic heterocycles. The van der Waals surface area contributed by atoms with Crippen molar-refractivity contribution in [2.24, 2.45) is 0 Å². The zero-order valence-corrected chi connectivity index (χ0v) is 14.3. The molecule has 0 unspecified atom stereocenters. The highest BCUT2D eigenvalue weighted by atomic mass is 19.4. The molecule has 27 heavy (non-hydrogen) atoms. The van der Waals surface area contributed by atoms with Crippen LogP contribution in [0.3, 0.4) is 0 Å². The molecule has 0 aliphatic carbocycles. The molecule has 1 heterocycles. The van der Waals surface area contributed by atoms with Crippen molar-refractivity contribution < 1.29 is 18.0 Å². The van der Waals surface area contributed by atoms with Gasteiger partial charge in [0.15, 0.2) is 5.82 Å². The van der Waals surface area contributed by atoms with E-state index in [4.69, 9.17) is 0 Å². The van der Waals surface area contributed by atoms with Crippen molar-refractivity contribution in [1.82, 2.24) is 20.6 Å². The fraction of sp³-hybridized carbons (Fsp3) is 0.222. The lowest BCUT2D eigenvalue weighted by Gasteiger charge is -2.16. The molecular formula is C18H16F3N5O. The van der Waals surface area contributed by atoms with Crippen LogP contribution >= 0.6 is 0 Å². The lowest BCUT2D eigenvalue weighted by Crippen LogP contribution is -2.24. The molecule has 9 heteroatoms. The van der Waals surface area contributed by atoms with Crippen LogP contribution in [0.1, 0.15) is 28.4 Å². The van der Waals surface area contributed by atoms with E-state index >= 15 is 0 Å². The SMILES string of the molecule is Cc1ccccc1C[C@H](C(=O)Nc1cccc(C(F)(F)F)c1)c1nn[nH]n1. The molecule has 0 fully saturated rings. The molecule has 140 valence electrons. The molecule has 0 bridgehead atoms. The minimum Gasteiger partial charge on any atom is -0.325 e. The number of nitrogens with one attached hydrogen (secondary N) is 2. The van der Waals surface area contributed by atoms with Crippen molar-refractivity contribution >= 4 is 11.6 Å². The summed E-state index contributed by atoms with van der Waals surface area (Å²) in [4.78, 5) is 12.8. The second-order valence-electron chi connectivity index (χ2n) is 6.02. The molecule has 0 saturated heterocycles. The predicted octanol–water partition coefficient (Wildman–Crippen LogP) is 3.49. The van der Waals surface area contributed by atoms with Crippen LogP contribution in [-0.4, -0.2) is 26.5 Å². The summed E-state index contributed by atoms with van der Waals surface area (Å²) < 4.78 is 38.6. The number of aromatic nitrogens is 4. The number of aryl methyl sites for hydroxylation is 1. The molecule has 2 N–H and O–H groups in total. The number of hydrogen-bond donors (Lipinski definition) is 2. The second-order valence-corrected chi connectivity index (χ2v) is 6.02. The van der Waals surface area contributed by atoms with Gasteiger partial charge in [0, 0.05) is 5.69 Å². The lowest BCUT2D eigenvalue weighted by molar-refractivity contribution is -0.137. The zero-order valence-electron chi connectivity index (χ0n) is 14.3. The number of tetrazole rings is 1. The summed E-state index contributed by atoms with van der Waals surface area (Å²) in [5.74, 6) is -1.15. The normalized spacial score (nSPS) is 12.6. The van der Waals surface area contributed by atoms with Crippen LogP contribution in [0.25, 0.3) is 0 Å². The van der Waals surface area contributed by atoms with Crippen molar-refractivity contribution in [1.29, 1.82) is 0 Å². The van der Waals surface area contributed by atoms with Crippen molar-refractivity contribution in [3.8, 4) is 0 Å². The number of aromatic amines is 1. The minimum atomic E-state index is -4.49. The van der Waals surface area contributed by atoms with Crippen LogP contribution in [0.4, 0.5) is 18.9 Å². The topological polar surface area (TPSA) is 83.6 Å². The highest BCUT2D eigenvalue weighted by molar-refractivity contribution is 5.95. The number of rotatable bonds is 5. The van der Waals surface area contributed by atoms with Gasteiger partial charge < -0.3 is 5.32 Å². The molecular weight excluding hydrogens is 359 g/mol. The van der Waals surface area contributed by atoms with E-state index in [0.717, 1.165) is 23.3 Å². The molecule has 0 aliphatic rings. The van der Waals surface area contributed by atoms with E-state index in [9.17, 15) is 18.0 Å². The molecule has 6 nitrogen and oxygen atoms in total. The Labute approximate surface area is 152 Å². The highest BCUT2D eigenvalue weighted by Gasteiger charge is 2.31. The predicted molar refractivity (Wildman–Crippen MR) is 91.9 cm³/mol. The summed E-state index contributed by atoms with van der Waals surface area (Å²) in [7, 11) is 0. The smallest absolute Gasteiger partial charge is 0.325 e. The van der Waals surface area contributed by atoms with Gasteiger partial charge in [0.05, 0.1) is 5.56 Å². The summed E-state index contributed by atoms with van der Waals surface area (Å²) in [6, 6.07) is 12.0. The van der Waals surface area contributed by atoms with Crippen LogP contribution in [-0.2, 0) is 17.4 Å². The van der Waals surface area contributed by atoms with Crippen LogP contribution < -0.4 is 5.32 Å². The Morgan fingerprint density at radius 1 is 1.19 bits per heavy atom. The monoisotopic (exact) mass is 375 g/mol. The molecule has 0 saturated carbocycles. The van der Waals surface area contributed by atoms with Crippen LogP contribution in [0.15, 0.2) is 48.5 Å². The third-order valence-corrected chi connectivity index (χ3v) is 4.13. The van der Waals surface area contributed by atoms with Crippen molar-refractivity contribution in [3.63, 3.8) is 0 Å². The second kappa shape index (κ2) is 7.56. The Balaban J connectivity index is 1.85. The molecule has 1 aromatic heterocycles. The summed E-state index contributed by atoms with van der Waals surface area (Å²) in [6.45, 7) is 1.91. The maximum atomic E-state index is 12.9. The molecule has 2 aromatic carbocycles. The molecule has 0 spiro atoms. The number of amides is 1. The Hall–Kier alpha value is -3.23. The standard InChI is InChI=1S/C18H16F3N5O/c1-11-5-2-3-6-12(11)9-15(16-23-25-26-24-16)17(27)22-14-8-4-7-13(10-14)18(19,20)21/h2-8,10,15H,9H2,1H3,(H,22,27)(H,23,24,25,26)/t15-/m0/s1. The maximum absolute atomic E-state index is 12.9. The quantitative estimate of drug-likeness (QED) is 0.715. The van der Waals surface area contributed by atoms with Gasteiger partial charge in [-0.05, 0) is 42.7 Å². The fourth-order valence-electron chi connectivity index (χ4n) is 2.68. The summed E-state index contributed by atoms with van der Waals surface area (Å²) in [6.07, 6.45) is -4.20. The number of hydrogen-bond acceptors (Lipinski definition) is 4. The van der Waals surface area contributed by atoms with Gasteiger partial charge in [0.1, 0.15) is 5.92 Å². The average molecular weight is 375 g/mol. The van der Waals surface area contributed by atoms with Gasteiger partial charge in [-0.25, -0.2) is 0 Å². The number of alkyl halides is 3. The van der Waals surface area contributed by atoms with Gasteiger partial charge in [-0.2, -0.15) is 18.4 Å². The molecule has 3 rings (SSSR count). The number of H-pyrrole nitrogens is 1. The summed E-state index contributed by atoms with van der Waals surface area (Å²) in [5, 5.41) is 16.0. The van der Waals surface area contributed by atoms with Gasteiger partial charge in [0.2, 0.25) is 5.91 Å². The molecule has 3 aromatic rings. The Morgan fingerprint density at radius 3 is 2.63 bits per heavy atom. The van der Waals surface area contributed by atoms with E-state index < -0.39 is 23.6 Å². The van der Waals surface area contributed by atoms with E-state index in [0.29, 0.717) is 0 Å². The Morgan fingerprint density at radius 2 is 1.96 bits per heavy atom. The molecule has 1 amide bonds. The zero-order chi connectivity index (χ0) is 19.4. The van der Waals surface area contributed by atoms with Crippen molar-refractivity contribution in [3.05, 3.63) is 71.0 Å². The van der Waals surface area contributed by atoms with Gasteiger partial charge in [-0.1, -0.05) is 35.5 Å². The van der Waals surface area contributed by atoms with Crippen molar-refractivity contribution in [2.45, 2.75) is 25.4 Å². The van der Waals surface area contributed by atoms with Crippen LogP contribution in [0.5, 0.6) is 0 Å². The fourth-order valence-corrected chi connectivity index (χ4v) is 2.68. The van der Waals surface area contributed by atoms with E-state index in [1.807, 2.05) is 31.2 Å². The summed E-state index contributed by atoms with van der Waals surface area (Å²) >= 11 is 0. The van der Waals surface area contributed by atoms with Crippen LogP contribution in [0.2, 0.25) is 0 Å². The molecule has 1 atom stereocenters. The third kappa shape index (κ3) is 4.49. The number of carbonyl (C=O) groups excluding carboxylic acids is 1. The average Bonchev–Trinajstić information content (AvgIpc) is 3.14.